The van der Waals surface area contributed by atoms with E-state index in [2.05, 4.69) is 0 Å². The molecule has 1 aliphatic heterocycles. The van der Waals surface area contributed by atoms with Crippen molar-refractivity contribution >= 4 is 5.91 Å². The van der Waals surface area contributed by atoms with Gasteiger partial charge in [0.25, 0.3) is 5.91 Å². The second-order valence-electron chi connectivity index (χ2n) is 5.31. The summed E-state index contributed by atoms with van der Waals surface area (Å²) in [5, 5.41) is 0. The van der Waals surface area contributed by atoms with Gasteiger partial charge < -0.3 is 9.64 Å². The molecule has 18 heavy (non-hydrogen) atoms. The van der Waals surface area contributed by atoms with Gasteiger partial charge in [0.2, 0.25) is 0 Å². The number of amides is 1. The smallest absolute Gasteiger partial charge is 0.257 e. The minimum absolute atomic E-state index is 0.143. The molecule has 0 aliphatic carbocycles. The highest BCUT2D eigenvalue weighted by Gasteiger charge is 2.35. The molecule has 1 aromatic rings. The molecule has 4 heteroatoms. The molecule has 2 rings (SSSR count). The van der Waals surface area contributed by atoms with Crippen molar-refractivity contribution in [1.29, 1.82) is 0 Å². The monoisotopic (exact) mass is 251 g/mol. The molecule has 98 valence electrons. The summed E-state index contributed by atoms with van der Waals surface area (Å²) in [6.45, 7) is 7.18. The maximum absolute atomic E-state index is 13.7. The zero-order valence-electron chi connectivity index (χ0n) is 11.0. The summed E-state index contributed by atoms with van der Waals surface area (Å²) in [6, 6.07) is 4.61. The molecule has 1 saturated heterocycles. The average molecular weight is 251 g/mol. The van der Waals surface area contributed by atoms with Crippen molar-refractivity contribution in [3.05, 3.63) is 35.1 Å². The zero-order chi connectivity index (χ0) is 13.3. The van der Waals surface area contributed by atoms with Crippen molar-refractivity contribution in [1.82, 2.24) is 4.90 Å². The number of halogens is 1. The third-order valence-electron chi connectivity index (χ3n) is 3.24. The van der Waals surface area contributed by atoms with Gasteiger partial charge in [0.1, 0.15) is 5.82 Å². The molecule has 0 unspecified atom stereocenters. The number of carbonyl (C=O) groups excluding carboxylic acids is 1. The third kappa shape index (κ3) is 2.38. The van der Waals surface area contributed by atoms with Crippen molar-refractivity contribution in [2.24, 2.45) is 0 Å². The van der Waals surface area contributed by atoms with E-state index in [0.717, 1.165) is 5.56 Å². The van der Waals surface area contributed by atoms with Crippen LogP contribution in [0, 0.1) is 12.7 Å². The number of hydrogen-bond acceptors (Lipinski definition) is 2. The molecule has 1 fully saturated rings. The molecule has 0 bridgehead atoms. The summed E-state index contributed by atoms with van der Waals surface area (Å²) in [5.41, 5.74) is 0.627. The predicted molar refractivity (Wildman–Crippen MR) is 67.1 cm³/mol. The normalized spacial score (nSPS) is 18.8. The van der Waals surface area contributed by atoms with Crippen molar-refractivity contribution in [2.75, 3.05) is 19.8 Å². The number of hydrogen-bond donors (Lipinski definition) is 0. The summed E-state index contributed by atoms with van der Waals surface area (Å²) in [6.07, 6.45) is 0. The molecule has 0 aromatic heterocycles. The Hall–Kier alpha value is -1.42. The first kappa shape index (κ1) is 13.0. The zero-order valence-corrected chi connectivity index (χ0v) is 11.0. The Morgan fingerprint density at radius 2 is 2.17 bits per heavy atom. The number of ether oxygens (including phenoxy) is 1. The van der Waals surface area contributed by atoms with Gasteiger partial charge >= 0.3 is 0 Å². The predicted octanol–water partition coefficient (Wildman–Crippen LogP) is 2.39. The molecule has 0 radical (unpaired) electrons. The van der Waals surface area contributed by atoms with E-state index in [9.17, 15) is 9.18 Å². The molecular formula is C14H18FNO2. The van der Waals surface area contributed by atoms with Crippen molar-refractivity contribution < 1.29 is 13.9 Å². The van der Waals surface area contributed by atoms with Gasteiger partial charge in [-0.1, -0.05) is 11.6 Å². The fourth-order valence-corrected chi connectivity index (χ4v) is 2.18. The standard InChI is InChI=1S/C14H18FNO2/c1-10-4-5-12(15)11(8-10)13(17)16-6-7-18-9-14(16,2)3/h4-5,8H,6-7,9H2,1-3H3. The van der Waals surface area contributed by atoms with E-state index >= 15 is 0 Å². The van der Waals surface area contributed by atoms with Gasteiger partial charge in [-0.3, -0.25) is 4.79 Å². The highest BCUT2D eigenvalue weighted by atomic mass is 19.1. The maximum atomic E-state index is 13.7. The SMILES string of the molecule is Cc1ccc(F)c(C(=O)N2CCOCC2(C)C)c1. The van der Waals surface area contributed by atoms with E-state index in [-0.39, 0.29) is 11.5 Å². The van der Waals surface area contributed by atoms with E-state index in [0.29, 0.717) is 19.8 Å². The molecule has 1 aromatic carbocycles. The van der Waals surface area contributed by atoms with E-state index in [1.165, 1.54) is 6.07 Å². The van der Waals surface area contributed by atoms with Crippen molar-refractivity contribution in [2.45, 2.75) is 26.3 Å². The Morgan fingerprint density at radius 3 is 2.83 bits per heavy atom. The number of carbonyl (C=O) groups is 1. The fourth-order valence-electron chi connectivity index (χ4n) is 2.18. The van der Waals surface area contributed by atoms with Crippen molar-refractivity contribution in [3.63, 3.8) is 0 Å². The van der Waals surface area contributed by atoms with E-state index in [4.69, 9.17) is 4.74 Å². The first-order valence-electron chi connectivity index (χ1n) is 6.08. The van der Waals surface area contributed by atoms with Crippen LogP contribution in [0.3, 0.4) is 0 Å². The van der Waals surface area contributed by atoms with Crippen LogP contribution in [0.5, 0.6) is 0 Å². The molecule has 0 saturated carbocycles. The first-order valence-corrected chi connectivity index (χ1v) is 6.08. The lowest BCUT2D eigenvalue weighted by Crippen LogP contribution is -2.55. The Bertz CT molecular complexity index is 471. The topological polar surface area (TPSA) is 29.5 Å². The van der Waals surface area contributed by atoms with Gasteiger partial charge in [0.05, 0.1) is 24.3 Å². The number of nitrogens with zero attached hydrogens (tertiary/aromatic N) is 1. The van der Waals surface area contributed by atoms with Crippen LogP contribution in [-0.4, -0.2) is 36.1 Å². The summed E-state index contributed by atoms with van der Waals surface area (Å²) >= 11 is 0. The van der Waals surface area contributed by atoms with E-state index < -0.39 is 11.4 Å². The molecule has 1 heterocycles. The first-order chi connectivity index (χ1) is 8.42. The number of morpholine rings is 1. The number of benzene rings is 1. The van der Waals surface area contributed by atoms with E-state index in [1.54, 1.807) is 17.0 Å². The molecule has 0 N–H and O–H groups in total. The summed E-state index contributed by atoms with van der Waals surface area (Å²) in [5.74, 6) is -0.725. The Labute approximate surface area is 107 Å². The maximum Gasteiger partial charge on any atom is 0.257 e. The number of rotatable bonds is 1. The summed E-state index contributed by atoms with van der Waals surface area (Å²) < 4.78 is 19.1. The van der Waals surface area contributed by atoms with Gasteiger partial charge in [-0.15, -0.1) is 0 Å². The highest BCUT2D eigenvalue weighted by Crippen LogP contribution is 2.23. The second kappa shape index (κ2) is 4.69. The summed E-state index contributed by atoms with van der Waals surface area (Å²) in [4.78, 5) is 14.1. The lowest BCUT2D eigenvalue weighted by molar-refractivity contribution is -0.0372. The van der Waals surface area contributed by atoms with Crippen LogP contribution in [0.1, 0.15) is 29.8 Å². The highest BCUT2D eigenvalue weighted by molar-refractivity contribution is 5.95. The quantitative estimate of drug-likeness (QED) is 0.767. The van der Waals surface area contributed by atoms with Gasteiger partial charge in [-0.25, -0.2) is 4.39 Å². The van der Waals surface area contributed by atoms with Crippen LogP contribution in [0.2, 0.25) is 0 Å². The Morgan fingerprint density at radius 1 is 1.44 bits per heavy atom. The van der Waals surface area contributed by atoms with Gasteiger partial charge in [0, 0.05) is 6.54 Å². The average Bonchev–Trinajstić information content (AvgIpc) is 2.31. The number of aryl methyl sites for hydroxylation is 1. The lowest BCUT2D eigenvalue weighted by atomic mass is 10.00. The van der Waals surface area contributed by atoms with E-state index in [1.807, 2.05) is 20.8 Å². The van der Waals surface area contributed by atoms with Crippen LogP contribution >= 0.6 is 0 Å². The minimum Gasteiger partial charge on any atom is -0.377 e. The molecule has 1 amide bonds. The third-order valence-corrected chi connectivity index (χ3v) is 3.24. The van der Waals surface area contributed by atoms with Gasteiger partial charge in [0.15, 0.2) is 0 Å². The fraction of sp³-hybridized carbons (Fsp3) is 0.500. The van der Waals surface area contributed by atoms with Crippen LogP contribution in [0.15, 0.2) is 18.2 Å². The molecular weight excluding hydrogens is 233 g/mol. The molecule has 1 aliphatic rings. The Balaban J connectivity index is 2.33. The second-order valence-corrected chi connectivity index (χ2v) is 5.31. The van der Waals surface area contributed by atoms with Crippen LogP contribution in [0.25, 0.3) is 0 Å². The molecule has 0 atom stereocenters. The lowest BCUT2D eigenvalue weighted by Gasteiger charge is -2.42. The Kier molecular flexibility index (Phi) is 3.39. The molecule has 3 nitrogen and oxygen atoms in total. The van der Waals surface area contributed by atoms with Crippen molar-refractivity contribution in [3.8, 4) is 0 Å². The molecule has 0 spiro atoms. The van der Waals surface area contributed by atoms with Crippen LogP contribution < -0.4 is 0 Å². The van der Waals surface area contributed by atoms with Crippen LogP contribution in [0.4, 0.5) is 4.39 Å². The van der Waals surface area contributed by atoms with Crippen LogP contribution in [-0.2, 0) is 4.74 Å². The van der Waals surface area contributed by atoms with Gasteiger partial charge in [-0.05, 0) is 32.9 Å². The van der Waals surface area contributed by atoms with Gasteiger partial charge in [-0.2, -0.15) is 0 Å². The largest absolute Gasteiger partial charge is 0.377 e. The summed E-state index contributed by atoms with van der Waals surface area (Å²) in [7, 11) is 0. The minimum atomic E-state index is -0.465.